The van der Waals surface area contributed by atoms with Crippen LogP contribution >= 0.6 is 0 Å². The molecule has 1 fully saturated rings. The van der Waals surface area contributed by atoms with E-state index >= 15 is 0 Å². The molecule has 0 aromatic heterocycles. The maximum absolute atomic E-state index is 13.8. The fourth-order valence-corrected chi connectivity index (χ4v) is 2.47. The predicted molar refractivity (Wildman–Crippen MR) is 66.5 cm³/mol. The zero-order valence-electron chi connectivity index (χ0n) is 10.8. The highest BCUT2D eigenvalue weighted by Gasteiger charge is 2.29. The second kappa shape index (κ2) is 6.10. The molecule has 1 aromatic carbocycles. The molecule has 0 heterocycles. The number of nitrogens with one attached hydrogen (secondary N) is 1. The van der Waals surface area contributed by atoms with Crippen molar-refractivity contribution in [2.75, 3.05) is 7.11 Å². The second-order valence-corrected chi connectivity index (χ2v) is 4.75. The number of ether oxygens (including phenoxy) is 1. The summed E-state index contributed by atoms with van der Waals surface area (Å²) in [4.78, 5) is 11.8. The first-order chi connectivity index (χ1) is 9.13. The second-order valence-electron chi connectivity index (χ2n) is 4.75. The van der Waals surface area contributed by atoms with E-state index in [4.69, 9.17) is 0 Å². The molecule has 5 heteroatoms. The highest BCUT2D eigenvalue weighted by Crippen LogP contribution is 2.25. The number of carbonyl (C=O) groups excluding carboxylic acids is 1. The van der Waals surface area contributed by atoms with Crippen molar-refractivity contribution in [3.05, 3.63) is 35.4 Å². The van der Waals surface area contributed by atoms with Crippen molar-refractivity contribution in [1.29, 1.82) is 0 Å². The lowest BCUT2D eigenvalue weighted by Gasteiger charge is -2.21. The van der Waals surface area contributed by atoms with Gasteiger partial charge in [0.05, 0.1) is 7.11 Å². The van der Waals surface area contributed by atoms with Gasteiger partial charge in [-0.05, 0) is 18.9 Å². The van der Waals surface area contributed by atoms with Crippen molar-refractivity contribution in [1.82, 2.24) is 5.32 Å². The van der Waals surface area contributed by atoms with Crippen LogP contribution in [0.5, 0.6) is 0 Å². The summed E-state index contributed by atoms with van der Waals surface area (Å²) in [6.45, 7) is 0. The summed E-state index contributed by atoms with van der Waals surface area (Å²) in [5, 5.41) is 3.07. The van der Waals surface area contributed by atoms with Crippen LogP contribution in [0.25, 0.3) is 0 Å². The van der Waals surface area contributed by atoms with Crippen LogP contribution in [-0.4, -0.2) is 19.1 Å². The lowest BCUT2D eigenvalue weighted by atomic mass is 10.0. The van der Waals surface area contributed by atoms with Gasteiger partial charge in [0.2, 0.25) is 0 Å². The van der Waals surface area contributed by atoms with Crippen molar-refractivity contribution in [2.24, 2.45) is 0 Å². The summed E-state index contributed by atoms with van der Waals surface area (Å²) in [5.74, 6) is -2.56. The molecule has 0 bridgehead atoms. The van der Waals surface area contributed by atoms with Crippen molar-refractivity contribution in [2.45, 2.75) is 37.8 Å². The van der Waals surface area contributed by atoms with E-state index in [9.17, 15) is 13.6 Å². The topological polar surface area (TPSA) is 38.3 Å². The lowest BCUT2D eigenvalue weighted by Crippen LogP contribution is -2.36. The maximum atomic E-state index is 13.8. The average molecular weight is 269 g/mol. The highest BCUT2D eigenvalue weighted by atomic mass is 19.2. The summed E-state index contributed by atoms with van der Waals surface area (Å²) in [5.41, 5.74) is -0.00116. The molecule has 1 atom stereocenters. The molecule has 1 aliphatic carbocycles. The molecule has 1 aliphatic rings. The van der Waals surface area contributed by atoms with Crippen LogP contribution in [0, 0.1) is 11.6 Å². The molecule has 1 N–H and O–H groups in total. The molecule has 2 rings (SSSR count). The third kappa shape index (κ3) is 3.10. The summed E-state index contributed by atoms with van der Waals surface area (Å²) in [7, 11) is 1.24. The number of rotatable bonds is 4. The van der Waals surface area contributed by atoms with Crippen molar-refractivity contribution in [3.63, 3.8) is 0 Å². The Hall–Kier alpha value is -1.49. The molecule has 1 unspecified atom stereocenters. The summed E-state index contributed by atoms with van der Waals surface area (Å²) in [6.07, 6.45) is 4.03. The Bertz CT molecular complexity index is 459. The van der Waals surface area contributed by atoms with E-state index in [0.717, 1.165) is 31.7 Å². The first-order valence-corrected chi connectivity index (χ1v) is 6.41. The largest absolute Gasteiger partial charge is 0.468 e. The molecule has 0 radical (unpaired) electrons. The monoisotopic (exact) mass is 269 g/mol. The first kappa shape index (κ1) is 13.9. The molecule has 104 valence electrons. The number of halogens is 2. The Morgan fingerprint density at radius 2 is 2.05 bits per heavy atom. The number of carbonyl (C=O) groups is 1. The van der Waals surface area contributed by atoms with Crippen LogP contribution < -0.4 is 5.32 Å². The van der Waals surface area contributed by atoms with E-state index in [1.54, 1.807) is 0 Å². The van der Waals surface area contributed by atoms with Crippen LogP contribution in [0.1, 0.15) is 37.3 Å². The SMILES string of the molecule is COC(=O)C(NC1CCCC1)c1cccc(F)c1F. The normalized spacial score (nSPS) is 17.4. The molecular formula is C14H17F2NO2. The van der Waals surface area contributed by atoms with Gasteiger partial charge in [-0.3, -0.25) is 5.32 Å². The van der Waals surface area contributed by atoms with Gasteiger partial charge in [0.15, 0.2) is 11.6 Å². The van der Waals surface area contributed by atoms with Crippen molar-refractivity contribution >= 4 is 5.97 Å². The van der Waals surface area contributed by atoms with E-state index in [1.165, 1.54) is 19.2 Å². The number of hydrogen-bond donors (Lipinski definition) is 1. The quantitative estimate of drug-likeness (QED) is 0.854. The van der Waals surface area contributed by atoms with Gasteiger partial charge in [0, 0.05) is 11.6 Å². The smallest absolute Gasteiger partial charge is 0.327 e. The maximum Gasteiger partial charge on any atom is 0.327 e. The molecule has 0 saturated heterocycles. The Morgan fingerprint density at radius 3 is 2.68 bits per heavy atom. The number of methoxy groups -OCH3 is 1. The third-order valence-electron chi connectivity index (χ3n) is 3.49. The van der Waals surface area contributed by atoms with Gasteiger partial charge in [0.1, 0.15) is 6.04 Å². The molecule has 0 amide bonds. The zero-order valence-corrected chi connectivity index (χ0v) is 10.8. The third-order valence-corrected chi connectivity index (χ3v) is 3.49. The molecule has 1 saturated carbocycles. The number of hydrogen-bond acceptors (Lipinski definition) is 3. The van der Waals surface area contributed by atoms with E-state index in [0.29, 0.717) is 0 Å². The summed E-state index contributed by atoms with van der Waals surface area (Å²) < 4.78 is 31.7. The average Bonchev–Trinajstić information content (AvgIpc) is 2.92. The van der Waals surface area contributed by atoms with Gasteiger partial charge in [-0.2, -0.15) is 0 Å². The fourth-order valence-electron chi connectivity index (χ4n) is 2.47. The van der Waals surface area contributed by atoms with Gasteiger partial charge in [0.25, 0.3) is 0 Å². The first-order valence-electron chi connectivity index (χ1n) is 6.41. The predicted octanol–water partition coefficient (Wildman–Crippen LogP) is 2.71. The summed E-state index contributed by atoms with van der Waals surface area (Å²) in [6, 6.07) is 3.01. The molecular weight excluding hydrogens is 252 g/mol. The van der Waals surface area contributed by atoms with E-state index in [-0.39, 0.29) is 11.6 Å². The standard InChI is InChI=1S/C14H17F2NO2/c1-19-14(18)13(17-9-5-2-3-6-9)10-7-4-8-11(15)12(10)16/h4,7-9,13,17H,2-3,5-6H2,1H3. The minimum atomic E-state index is -0.997. The van der Waals surface area contributed by atoms with Gasteiger partial charge < -0.3 is 4.74 Å². The van der Waals surface area contributed by atoms with Crippen LogP contribution in [0.4, 0.5) is 8.78 Å². The van der Waals surface area contributed by atoms with Gasteiger partial charge in [-0.15, -0.1) is 0 Å². The van der Waals surface area contributed by atoms with E-state index < -0.39 is 23.6 Å². The Balaban J connectivity index is 2.25. The van der Waals surface area contributed by atoms with E-state index in [2.05, 4.69) is 10.1 Å². The molecule has 0 aliphatic heterocycles. The van der Waals surface area contributed by atoms with Crippen molar-refractivity contribution < 1.29 is 18.3 Å². The Kier molecular flexibility index (Phi) is 4.47. The van der Waals surface area contributed by atoms with Gasteiger partial charge in [-0.1, -0.05) is 25.0 Å². The van der Waals surface area contributed by atoms with Crippen molar-refractivity contribution in [3.8, 4) is 0 Å². The minimum Gasteiger partial charge on any atom is -0.468 e. The fraction of sp³-hybridized carbons (Fsp3) is 0.500. The number of benzene rings is 1. The number of esters is 1. The minimum absolute atomic E-state index is 0.00116. The van der Waals surface area contributed by atoms with Crippen LogP contribution in [0.15, 0.2) is 18.2 Å². The molecule has 0 spiro atoms. The lowest BCUT2D eigenvalue weighted by molar-refractivity contribution is -0.143. The molecule has 1 aromatic rings. The van der Waals surface area contributed by atoms with E-state index in [1.807, 2.05) is 0 Å². The summed E-state index contributed by atoms with van der Waals surface area (Å²) >= 11 is 0. The Labute approximate surface area is 111 Å². The van der Waals surface area contributed by atoms with Gasteiger partial charge in [-0.25, -0.2) is 13.6 Å². The van der Waals surface area contributed by atoms with Gasteiger partial charge >= 0.3 is 5.97 Å². The van der Waals surface area contributed by atoms with Crippen LogP contribution in [0.2, 0.25) is 0 Å². The molecule has 3 nitrogen and oxygen atoms in total. The molecule has 19 heavy (non-hydrogen) atoms. The zero-order chi connectivity index (χ0) is 13.8. The Morgan fingerprint density at radius 1 is 1.37 bits per heavy atom. The van der Waals surface area contributed by atoms with Crippen LogP contribution in [0.3, 0.4) is 0 Å². The highest BCUT2D eigenvalue weighted by molar-refractivity contribution is 5.77. The van der Waals surface area contributed by atoms with Crippen LogP contribution in [-0.2, 0) is 9.53 Å².